The Labute approximate surface area is 101 Å². The van der Waals surface area contributed by atoms with Crippen LogP contribution in [0.5, 0.6) is 11.5 Å². The van der Waals surface area contributed by atoms with Crippen molar-refractivity contribution in [2.75, 3.05) is 0 Å². The van der Waals surface area contributed by atoms with Crippen LogP contribution in [0.3, 0.4) is 0 Å². The Hall–Kier alpha value is -1.77. The molecule has 0 saturated carbocycles. The van der Waals surface area contributed by atoms with Gasteiger partial charge >= 0.3 is 0 Å². The maximum atomic E-state index is 10.4. The van der Waals surface area contributed by atoms with E-state index >= 15 is 0 Å². The largest absolute Gasteiger partial charge is 0.451 e. The summed E-state index contributed by atoms with van der Waals surface area (Å²) in [7, 11) is 0. The van der Waals surface area contributed by atoms with Gasteiger partial charge in [-0.05, 0) is 38.0 Å². The van der Waals surface area contributed by atoms with Crippen molar-refractivity contribution < 1.29 is 14.3 Å². The number of hydrogen-bond acceptors (Lipinski definition) is 3. The van der Waals surface area contributed by atoms with Gasteiger partial charge in [0.1, 0.15) is 6.29 Å². The zero-order chi connectivity index (χ0) is 12.3. The summed E-state index contributed by atoms with van der Waals surface area (Å²) in [5.74, 6) is 1.45. The third-order valence-corrected chi connectivity index (χ3v) is 2.56. The summed E-state index contributed by atoms with van der Waals surface area (Å²) < 4.78 is 11.0. The normalized spacial score (nSPS) is 16.7. The van der Waals surface area contributed by atoms with E-state index in [9.17, 15) is 4.79 Å². The molecule has 3 nitrogen and oxygen atoms in total. The monoisotopic (exact) mass is 232 g/mol. The fourth-order valence-electron chi connectivity index (χ4n) is 1.67. The number of rotatable bonds is 4. The van der Waals surface area contributed by atoms with Gasteiger partial charge in [0.15, 0.2) is 11.5 Å². The summed E-state index contributed by atoms with van der Waals surface area (Å²) in [6, 6.07) is 5.89. The fraction of sp³-hybridized carbons (Fsp3) is 0.357. The summed E-state index contributed by atoms with van der Waals surface area (Å²) in [6.45, 7) is 4.15. The van der Waals surface area contributed by atoms with Gasteiger partial charge in [-0.3, -0.25) is 0 Å². The molecule has 0 N–H and O–H groups in total. The van der Waals surface area contributed by atoms with E-state index in [1.807, 2.05) is 18.2 Å². The molecule has 1 aromatic rings. The van der Waals surface area contributed by atoms with Crippen LogP contribution in [0.15, 0.2) is 29.8 Å². The van der Waals surface area contributed by atoms with Crippen LogP contribution in [0.1, 0.15) is 25.8 Å². The second kappa shape index (κ2) is 5.04. The molecule has 1 unspecified atom stereocenters. The quantitative estimate of drug-likeness (QED) is 0.591. The van der Waals surface area contributed by atoms with Crippen LogP contribution in [-0.4, -0.2) is 12.6 Å². The Morgan fingerprint density at radius 2 is 2.06 bits per heavy atom. The molecule has 1 heterocycles. The van der Waals surface area contributed by atoms with E-state index in [-0.39, 0.29) is 6.42 Å². The second-order valence-corrected chi connectivity index (χ2v) is 4.33. The van der Waals surface area contributed by atoms with Crippen LogP contribution < -0.4 is 9.47 Å². The third kappa shape index (κ3) is 2.87. The molecule has 0 aliphatic carbocycles. The van der Waals surface area contributed by atoms with E-state index in [1.165, 1.54) is 11.1 Å². The van der Waals surface area contributed by atoms with Crippen LogP contribution in [-0.2, 0) is 11.2 Å². The second-order valence-electron chi connectivity index (χ2n) is 4.33. The zero-order valence-corrected chi connectivity index (χ0v) is 10.1. The van der Waals surface area contributed by atoms with Crippen molar-refractivity contribution in [2.24, 2.45) is 0 Å². The van der Waals surface area contributed by atoms with E-state index in [0.29, 0.717) is 0 Å². The van der Waals surface area contributed by atoms with Gasteiger partial charge in [-0.1, -0.05) is 17.7 Å². The number of fused-ring (bicyclic) bond motifs is 1. The molecular weight excluding hydrogens is 216 g/mol. The maximum absolute atomic E-state index is 10.4. The highest BCUT2D eigenvalue weighted by Gasteiger charge is 2.23. The lowest BCUT2D eigenvalue weighted by molar-refractivity contribution is -0.111. The highest BCUT2D eigenvalue weighted by molar-refractivity contribution is 5.52. The van der Waals surface area contributed by atoms with Crippen molar-refractivity contribution in [3.63, 3.8) is 0 Å². The molecule has 90 valence electrons. The number of aldehydes is 1. The lowest BCUT2D eigenvalue weighted by Crippen LogP contribution is -2.17. The fourth-order valence-corrected chi connectivity index (χ4v) is 1.67. The van der Waals surface area contributed by atoms with Crippen LogP contribution in [0.2, 0.25) is 0 Å². The highest BCUT2D eigenvalue weighted by atomic mass is 16.7. The molecule has 1 aromatic carbocycles. The summed E-state index contributed by atoms with van der Waals surface area (Å²) in [5.41, 5.74) is 2.47. The van der Waals surface area contributed by atoms with Crippen molar-refractivity contribution in [1.82, 2.24) is 0 Å². The lowest BCUT2D eigenvalue weighted by atomic mass is 10.1. The number of carbonyl (C=O) groups excluding carboxylic acids is 1. The van der Waals surface area contributed by atoms with Gasteiger partial charge in [0.2, 0.25) is 6.29 Å². The van der Waals surface area contributed by atoms with Gasteiger partial charge < -0.3 is 14.3 Å². The molecular formula is C14H16O3. The summed E-state index contributed by atoms with van der Waals surface area (Å²) >= 11 is 0. The molecule has 0 spiro atoms. The summed E-state index contributed by atoms with van der Waals surface area (Å²) in [5, 5.41) is 0. The first-order valence-electron chi connectivity index (χ1n) is 5.72. The summed E-state index contributed by atoms with van der Waals surface area (Å²) in [6.07, 6.45) is 3.66. The van der Waals surface area contributed by atoms with Gasteiger partial charge in [0, 0.05) is 0 Å². The third-order valence-electron chi connectivity index (χ3n) is 2.56. The predicted molar refractivity (Wildman–Crippen MR) is 65.3 cm³/mol. The van der Waals surface area contributed by atoms with Crippen molar-refractivity contribution >= 4 is 6.29 Å². The Kier molecular flexibility index (Phi) is 3.47. The minimum atomic E-state index is -0.457. The van der Waals surface area contributed by atoms with Crippen molar-refractivity contribution in [3.8, 4) is 11.5 Å². The molecule has 1 atom stereocenters. The van der Waals surface area contributed by atoms with Gasteiger partial charge in [0.25, 0.3) is 0 Å². The number of carbonyl (C=O) groups is 1. The van der Waals surface area contributed by atoms with E-state index < -0.39 is 6.29 Å². The Bertz CT molecular complexity index is 445. The molecule has 3 heteroatoms. The highest BCUT2D eigenvalue weighted by Crippen LogP contribution is 2.36. The van der Waals surface area contributed by atoms with Crippen molar-refractivity contribution in [3.05, 3.63) is 35.4 Å². The van der Waals surface area contributed by atoms with Gasteiger partial charge in [-0.15, -0.1) is 0 Å². The van der Waals surface area contributed by atoms with E-state index in [4.69, 9.17) is 9.47 Å². The first kappa shape index (κ1) is 11.7. The Morgan fingerprint density at radius 1 is 1.29 bits per heavy atom. The van der Waals surface area contributed by atoms with E-state index in [2.05, 4.69) is 19.9 Å². The molecule has 0 aromatic heterocycles. The van der Waals surface area contributed by atoms with Gasteiger partial charge in [0.05, 0.1) is 6.42 Å². The van der Waals surface area contributed by atoms with Crippen LogP contribution >= 0.6 is 0 Å². The average molecular weight is 232 g/mol. The lowest BCUT2D eigenvalue weighted by Gasteiger charge is -2.04. The van der Waals surface area contributed by atoms with Crippen LogP contribution in [0, 0.1) is 0 Å². The number of ether oxygens (including phenoxy) is 2. The molecule has 1 aliphatic rings. The van der Waals surface area contributed by atoms with Gasteiger partial charge in [-0.2, -0.15) is 0 Å². The smallest absolute Gasteiger partial charge is 0.248 e. The molecule has 17 heavy (non-hydrogen) atoms. The topological polar surface area (TPSA) is 35.5 Å². The minimum Gasteiger partial charge on any atom is -0.451 e. The minimum absolute atomic E-state index is 0.262. The predicted octanol–water partition coefficient (Wildman–Crippen LogP) is 2.88. The van der Waals surface area contributed by atoms with E-state index in [0.717, 1.165) is 24.2 Å². The number of allylic oxidation sites excluding steroid dienone is 2. The standard InChI is InChI=1S/C14H16O3/c1-10(2)3-4-11-5-6-12-13(9-11)17-14(16-12)7-8-15/h3,5-6,8-9,14H,4,7H2,1-2H3. The van der Waals surface area contributed by atoms with Crippen molar-refractivity contribution in [2.45, 2.75) is 33.0 Å². The number of benzene rings is 1. The SMILES string of the molecule is CC(C)=CCc1ccc2c(c1)OC(CC=O)O2. The molecule has 0 fully saturated rings. The molecule has 0 saturated heterocycles. The first-order valence-corrected chi connectivity index (χ1v) is 5.72. The first-order chi connectivity index (χ1) is 8.19. The van der Waals surface area contributed by atoms with Gasteiger partial charge in [-0.25, -0.2) is 0 Å². The van der Waals surface area contributed by atoms with Crippen LogP contribution in [0.25, 0.3) is 0 Å². The summed E-state index contributed by atoms with van der Waals surface area (Å²) in [4.78, 5) is 10.4. The molecule has 0 bridgehead atoms. The molecule has 0 amide bonds. The molecule has 0 radical (unpaired) electrons. The maximum Gasteiger partial charge on any atom is 0.248 e. The van der Waals surface area contributed by atoms with Crippen molar-refractivity contribution in [1.29, 1.82) is 0 Å². The Balaban J connectivity index is 2.09. The number of hydrogen-bond donors (Lipinski definition) is 0. The zero-order valence-electron chi connectivity index (χ0n) is 10.1. The molecule has 1 aliphatic heterocycles. The van der Waals surface area contributed by atoms with E-state index in [1.54, 1.807) is 0 Å². The van der Waals surface area contributed by atoms with Crippen LogP contribution in [0.4, 0.5) is 0 Å². The Morgan fingerprint density at radius 3 is 2.76 bits per heavy atom. The molecule has 2 rings (SSSR count). The average Bonchev–Trinajstić information content (AvgIpc) is 2.68.